The lowest BCUT2D eigenvalue weighted by molar-refractivity contribution is 0.452. The standard InChI is InChI=1S/C24H32N5P/c1-7-29(8-2)30(26-19-14-10-9-11-15-19)22(18-25-28(30)6)23-24(3,4)20-16-12-13-17-21(20)27(23)5/h9-18H,7-8H2,1-6H3/b23-22+/t30-/m1/s1. The number of hydrogen-bond donors (Lipinski definition) is 0. The Labute approximate surface area is 180 Å². The van der Waals surface area contributed by atoms with Gasteiger partial charge in [0.1, 0.15) is 0 Å². The Balaban J connectivity index is 2.06. The van der Waals surface area contributed by atoms with Crippen LogP contribution in [0.15, 0.2) is 75.5 Å². The van der Waals surface area contributed by atoms with Crippen molar-refractivity contribution in [1.82, 2.24) is 9.45 Å². The minimum absolute atomic E-state index is 0.123. The zero-order valence-electron chi connectivity index (χ0n) is 18.9. The van der Waals surface area contributed by atoms with E-state index in [0.29, 0.717) is 0 Å². The van der Waals surface area contributed by atoms with Crippen LogP contribution in [0.1, 0.15) is 33.3 Å². The zero-order chi connectivity index (χ0) is 21.5. The largest absolute Gasteiger partial charge is 0.346 e. The smallest absolute Gasteiger partial charge is 0.174 e. The Morgan fingerprint density at radius 2 is 1.60 bits per heavy atom. The molecule has 2 heterocycles. The molecule has 0 bridgehead atoms. The first-order chi connectivity index (χ1) is 14.4. The number of rotatable bonds is 4. The molecule has 0 saturated carbocycles. The van der Waals surface area contributed by atoms with Crippen LogP contribution in [-0.4, -0.2) is 42.8 Å². The van der Waals surface area contributed by atoms with Gasteiger partial charge in [0.15, 0.2) is 7.36 Å². The summed E-state index contributed by atoms with van der Waals surface area (Å²) in [6, 6.07) is 19.1. The Kier molecular flexibility index (Phi) is 5.37. The monoisotopic (exact) mass is 421 g/mol. The van der Waals surface area contributed by atoms with Crippen molar-refractivity contribution in [2.45, 2.75) is 33.1 Å². The summed E-state index contributed by atoms with van der Waals surface area (Å²) in [5, 5.41) is 6.08. The first-order valence-electron chi connectivity index (χ1n) is 10.7. The molecule has 5 nitrogen and oxygen atoms in total. The van der Waals surface area contributed by atoms with Crippen molar-refractivity contribution in [3.8, 4) is 0 Å². The quantitative estimate of drug-likeness (QED) is 0.546. The van der Waals surface area contributed by atoms with Crippen LogP contribution in [0.3, 0.4) is 0 Å². The lowest BCUT2D eigenvalue weighted by Gasteiger charge is -2.39. The predicted molar refractivity (Wildman–Crippen MR) is 130 cm³/mol. The molecule has 0 fully saturated rings. The predicted octanol–water partition coefficient (Wildman–Crippen LogP) is 6.26. The van der Waals surface area contributed by atoms with Crippen molar-refractivity contribution in [3.05, 3.63) is 71.2 Å². The van der Waals surface area contributed by atoms with E-state index in [1.165, 1.54) is 22.3 Å². The van der Waals surface area contributed by atoms with Crippen molar-refractivity contribution in [2.75, 3.05) is 32.1 Å². The molecule has 0 saturated heterocycles. The molecule has 0 N–H and O–H groups in total. The minimum atomic E-state index is -2.27. The maximum Gasteiger partial charge on any atom is 0.174 e. The Hall–Kier alpha value is -2.36. The van der Waals surface area contributed by atoms with Crippen LogP contribution in [0.5, 0.6) is 0 Å². The van der Waals surface area contributed by atoms with Gasteiger partial charge in [-0.1, -0.05) is 64.1 Å². The molecule has 0 spiro atoms. The summed E-state index contributed by atoms with van der Waals surface area (Å²) in [5.74, 6) is 0. The first kappa shape index (κ1) is 20.9. The third kappa shape index (κ3) is 2.95. The van der Waals surface area contributed by atoms with Crippen LogP contribution in [0, 0.1) is 0 Å². The number of likely N-dealkylation sites (N-methyl/N-ethyl adjacent to an activating group) is 1. The second-order valence-corrected chi connectivity index (χ2v) is 11.3. The van der Waals surface area contributed by atoms with Crippen molar-refractivity contribution >= 4 is 24.9 Å². The average Bonchev–Trinajstić information content (AvgIpc) is 3.16. The highest BCUT2D eigenvalue weighted by Crippen LogP contribution is 2.69. The molecule has 0 unspecified atom stereocenters. The summed E-state index contributed by atoms with van der Waals surface area (Å²) in [7, 11) is 2.00. The van der Waals surface area contributed by atoms with Crippen molar-refractivity contribution in [3.63, 3.8) is 0 Å². The van der Waals surface area contributed by atoms with E-state index >= 15 is 0 Å². The van der Waals surface area contributed by atoms with E-state index in [9.17, 15) is 0 Å². The van der Waals surface area contributed by atoms with Gasteiger partial charge in [-0.2, -0.15) is 5.10 Å². The minimum Gasteiger partial charge on any atom is -0.346 e. The van der Waals surface area contributed by atoms with Crippen LogP contribution in [0.4, 0.5) is 11.4 Å². The summed E-state index contributed by atoms with van der Waals surface area (Å²) >= 11 is 0. The molecule has 2 aliphatic heterocycles. The SMILES string of the molecule is CCN(CC)[P@@]1(=Nc2ccccc2)/C(=C2/N(C)c3ccccc3C2(C)C)C=NN1C. The summed E-state index contributed by atoms with van der Waals surface area (Å²) < 4.78 is 10.1. The fourth-order valence-electron chi connectivity index (χ4n) is 4.89. The zero-order valence-corrected chi connectivity index (χ0v) is 19.8. The molecule has 0 aliphatic carbocycles. The number of nitrogens with zero attached hydrogens (tertiary/aromatic N) is 5. The molecule has 0 aromatic heterocycles. The van der Waals surface area contributed by atoms with Crippen molar-refractivity contribution in [1.29, 1.82) is 0 Å². The van der Waals surface area contributed by atoms with Crippen LogP contribution in [-0.2, 0) is 5.41 Å². The molecule has 158 valence electrons. The van der Waals surface area contributed by atoms with Gasteiger partial charge >= 0.3 is 0 Å². The Morgan fingerprint density at radius 3 is 2.23 bits per heavy atom. The van der Waals surface area contributed by atoms with Gasteiger partial charge in [-0.15, -0.1) is 0 Å². The fraction of sp³-hybridized carbons (Fsp3) is 0.375. The molecule has 30 heavy (non-hydrogen) atoms. The number of para-hydroxylation sites is 1. The molecular formula is C24H32N5P. The van der Waals surface area contributed by atoms with Gasteiger partial charge in [-0.05, 0) is 23.8 Å². The number of fused-ring (bicyclic) bond motifs is 1. The van der Waals surface area contributed by atoms with Crippen LogP contribution in [0.25, 0.3) is 0 Å². The van der Waals surface area contributed by atoms with E-state index in [1.807, 2.05) is 6.07 Å². The molecule has 2 aliphatic rings. The molecule has 1 atom stereocenters. The lowest BCUT2D eigenvalue weighted by atomic mass is 9.84. The molecular weight excluding hydrogens is 389 g/mol. The number of anilines is 1. The van der Waals surface area contributed by atoms with Crippen molar-refractivity contribution < 1.29 is 0 Å². The molecule has 0 amide bonds. The first-order valence-corrected chi connectivity index (χ1v) is 12.3. The molecule has 4 rings (SSSR count). The van der Waals surface area contributed by atoms with E-state index in [-0.39, 0.29) is 5.41 Å². The topological polar surface area (TPSA) is 34.4 Å². The summed E-state index contributed by atoms with van der Waals surface area (Å²) in [6.45, 7) is 10.9. The third-order valence-electron chi connectivity index (χ3n) is 6.32. The van der Waals surface area contributed by atoms with Crippen molar-refractivity contribution in [2.24, 2.45) is 9.85 Å². The normalized spacial score (nSPS) is 24.6. The maximum atomic E-state index is 5.45. The van der Waals surface area contributed by atoms with Gasteiger partial charge in [0.25, 0.3) is 0 Å². The van der Waals surface area contributed by atoms with Crippen LogP contribution in [0.2, 0.25) is 0 Å². The van der Waals surface area contributed by atoms with Gasteiger partial charge in [0, 0.05) is 44.0 Å². The molecule has 0 radical (unpaired) electrons. The van der Waals surface area contributed by atoms with Gasteiger partial charge in [-0.3, -0.25) is 0 Å². The average molecular weight is 422 g/mol. The fourth-order valence-corrected chi connectivity index (χ4v) is 8.60. The highest BCUT2D eigenvalue weighted by Gasteiger charge is 2.47. The number of hydrazone groups is 1. The highest BCUT2D eigenvalue weighted by molar-refractivity contribution is 7.67. The Bertz CT molecular complexity index is 1050. The van der Waals surface area contributed by atoms with Gasteiger partial charge < -0.3 is 4.90 Å². The van der Waals surface area contributed by atoms with Gasteiger partial charge in [-0.25, -0.2) is 14.2 Å². The van der Waals surface area contributed by atoms with Gasteiger partial charge in [0.2, 0.25) is 0 Å². The van der Waals surface area contributed by atoms with Crippen LogP contribution >= 0.6 is 7.36 Å². The summed E-state index contributed by atoms with van der Waals surface area (Å²) in [4.78, 5) is 2.36. The maximum absolute atomic E-state index is 5.45. The van der Waals surface area contributed by atoms with E-state index in [0.717, 1.165) is 18.8 Å². The molecule has 2 aromatic carbocycles. The summed E-state index contributed by atoms with van der Waals surface area (Å²) in [5.41, 5.74) is 4.81. The van der Waals surface area contributed by atoms with E-state index in [2.05, 4.69) is 111 Å². The molecule has 6 heteroatoms. The summed E-state index contributed by atoms with van der Waals surface area (Å²) in [6.07, 6.45) is 2.07. The van der Waals surface area contributed by atoms with E-state index in [1.54, 1.807) is 0 Å². The molecule has 2 aromatic rings. The van der Waals surface area contributed by atoms with Crippen LogP contribution < -0.4 is 4.90 Å². The second-order valence-electron chi connectivity index (χ2n) is 8.31. The number of hydrogen-bond acceptors (Lipinski definition) is 3. The third-order valence-corrected chi connectivity index (χ3v) is 10.1. The highest BCUT2D eigenvalue weighted by atomic mass is 31.2. The number of allylic oxidation sites excluding steroid dienone is 2. The Morgan fingerprint density at radius 1 is 0.967 bits per heavy atom. The van der Waals surface area contributed by atoms with E-state index < -0.39 is 7.36 Å². The van der Waals surface area contributed by atoms with E-state index in [4.69, 9.17) is 9.85 Å². The lowest BCUT2D eigenvalue weighted by Crippen LogP contribution is -2.30. The number of benzene rings is 2. The second kappa shape index (κ2) is 7.72. The van der Waals surface area contributed by atoms with Gasteiger partial charge in [0.05, 0.1) is 17.2 Å².